The monoisotopic (exact) mass is 301 g/mol. The summed E-state index contributed by atoms with van der Waals surface area (Å²) in [6.07, 6.45) is 0.876. The number of phenols is 1. The van der Waals surface area contributed by atoms with E-state index in [4.69, 9.17) is 0 Å². The van der Waals surface area contributed by atoms with Gasteiger partial charge in [0.05, 0.1) is 4.92 Å². The SMILES string of the molecule is CNC1CCN(C(=O)c2ccc([N+](=O)[O-])c(O)c2)C1.Cl. The van der Waals surface area contributed by atoms with Crippen molar-refractivity contribution in [2.45, 2.75) is 12.5 Å². The number of rotatable bonds is 3. The number of nitro groups is 1. The summed E-state index contributed by atoms with van der Waals surface area (Å²) >= 11 is 0. The van der Waals surface area contributed by atoms with Gasteiger partial charge in [0.2, 0.25) is 0 Å². The molecule has 1 fully saturated rings. The normalized spacial score (nSPS) is 17.6. The van der Waals surface area contributed by atoms with Crippen LogP contribution in [0.2, 0.25) is 0 Å². The van der Waals surface area contributed by atoms with E-state index in [1.54, 1.807) is 4.90 Å². The average Bonchev–Trinajstić information content (AvgIpc) is 2.86. The number of hydrogen-bond acceptors (Lipinski definition) is 5. The number of phenolic OH excluding ortho intramolecular Hbond substituents is 1. The minimum atomic E-state index is -0.684. The van der Waals surface area contributed by atoms with E-state index in [9.17, 15) is 20.0 Å². The smallest absolute Gasteiger partial charge is 0.310 e. The molecule has 0 radical (unpaired) electrons. The van der Waals surface area contributed by atoms with Crippen molar-refractivity contribution in [1.82, 2.24) is 10.2 Å². The second kappa shape index (κ2) is 6.53. The average molecular weight is 302 g/mol. The first kappa shape index (κ1) is 16.2. The van der Waals surface area contributed by atoms with Crippen LogP contribution in [0.4, 0.5) is 5.69 Å². The van der Waals surface area contributed by atoms with Crippen molar-refractivity contribution < 1.29 is 14.8 Å². The van der Waals surface area contributed by atoms with Gasteiger partial charge in [-0.1, -0.05) is 0 Å². The molecule has 1 saturated heterocycles. The van der Waals surface area contributed by atoms with Crippen LogP contribution in [0.15, 0.2) is 18.2 Å². The van der Waals surface area contributed by atoms with E-state index >= 15 is 0 Å². The van der Waals surface area contributed by atoms with Crippen LogP contribution in [0.5, 0.6) is 5.75 Å². The van der Waals surface area contributed by atoms with Crippen LogP contribution in [0.25, 0.3) is 0 Å². The minimum Gasteiger partial charge on any atom is -0.502 e. The summed E-state index contributed by atoms with van der Waals surface area (Å²) < 4.78 is 0. The maximum Gasteiger partial charge on any atom is 0.310 e. The van der Waals surface area contributed by atoms with Gasteiger partial charge in [-0.25, -0.2) is 0 Å². The molecule has 1 unspecified atom stereocenters. The molecule has 0 bridgehead atoms. The van der Waals surface area contributed by atoms with Crippen molar-refractivity contribution in [3.63, 3.8) is 0 Å². The van der Waals surface area contributed by atoms with Gasteiger partial charge in [0.15, 0.2) is 5.75 Å². The quantitative estimate of drug-likeness (QED) is 0.645. The maximum absolute atomic E-state index is 12.2. The zero-order valence-corrected chi connectivity index (χ0v) is 11.7. The van der Waals surface area contributed by atoms with E-state index in [-0.39, 0.29) is 29.9 Å². The molecule has 0 spiro atoms. The standard InChI is InChI=1S/C12H15N3O4.ClH/c1-13-9-4-5-14(7-9)12(17)8-2-3-10(15(18)19)11(16)6-8;/h2-3,6,9,13,16H,4-5,7H2,1H3;1H. The summed E-state index contributed by atoms with van der Waals surface area (Å²) in [4.78, 5) is 23.7. The van der Waals surface area contributed by atoms with E-state index in [1.165, 1.54) is 6.07 Å². The molecule has 0 aliphatic carbocycles. The third-order valence-electron chi connectivity index (χ3n) is 3.30. The summed E-state index contributed by atoms with van der Waals surface area (Å²) in [5.41, 5.74) is -0.133. The zero-order chi connectivity index (χ0) is 14.0. The molecule has 1 aliphatic heterocycles. The Balaban J connectivity index is 0.00000200. The van der Waals surface area contributed by atoms with Gasteiger partial charge in [-0.3, -0.25) is 14.9 Å². The number of aromatic hydroxyl groups is 1. The molecule has 1 atom stereocenters. The summed E-state index contributed by atoms with van der Waals surface area (Å²) in [6, 6.07) is 3.93. The van der Waals surface area contributed by atoms with Crippen molar-refractivity contribution in [3.8, 4) is 5.75 Å². The Bertz CT molecular complexity index is 523. The van der Waals surface area contributed by atoms with Crippen molar-refractivity contribution in [3.05, 3.63) is 33.9 Å². The lowest BCUT2D eigenvalue weighted by Crippen LogP contribution is -2.33. The Morgan fingerprint density at radius 1 is 1.55 bits per heavy atom. The number of hydrogen-bond donors (Lipinski definition) is 2. The summed E-state index contributed by atoms with van der Waals surface area (Å²) in [5.74, 6) is -0.705. The van der Waals surface area contributed by atoms with Crippen LogP contribution >= 0.6 is 12.4 Å². The van der Waals surface area contributed by atoms with Crippen LogP contribution in [-0.2, 0) is 0 Å². The van der Waals surface area contributed by atoms with Crippen molar-refractivity contribution in [2.75, 3.05) is 20.1 Å². The van der Waals surface area contributed by atoms with E-state index in [2.05, 4.69) is 5.32 Å². The summed E-state index contributed by atoms with van der Waals surface area (Å²) in [6.45, 7) is 1.25. The number of nitrogens with one attached hydrogen (secondary N) is 1. The van der Waals surface area contributed by atoms with Crippen LogP contribution in [-0.4, -0.2) is 47.0 Å². The van der Waals surface area contributed by atoms with Gasteiger partial charge in [0, 0.05) is 30.8 Å². The third kappa shape index (κ3) is 3.17. The molecule has 7 nitrogen and oxygen atoms in total. The molecule has 1 aromatic carbocycles. The van der Waals surface area contributed by atoms with E-state index in [0.29, 0.717) is 13.1 Å². The molecule has 2 N–H and O–H groups in total. The Labute approximate surface area is 122 Å². The van der Waals surface area contributed by atoms with E-state index in [1.807, 2.05) is 7.05 Å². The van der Waals surface area contributed by atoms with Gasteiger partial charge in [-0.2, -0.15) is 0 Å². The fourth-order valence-corrected chi connectivity index (χ4v) is 2.17. The lowest BCUT2D eigenvalue weighted by Gasteiger charge is -2.16. The van der Waals surface area contributed by atoms with E-state index in [0.717, 1.165) is 18.6 Å². The zero-order valence-electron chi connectivity index (χ0n) is 10.9. The van der Waals surface area contributed by atoms with Crippen molar-refractivity contribution in [2.24, 2.45) is 0 Å². The summed E-state index contributed by atoms with van der Waals surface area (Å²) in [7, 11) is 1.84. The Morgan fingerprint density at radius 3 is 2.75 bits per heavy atom. The Hall–Kier alpha value is -1.86. The molecule has 20 heavy (non-hydrogen) atoms. The van der Waals surface area contributed by atoms with Crippen LogP contribution in [0, 0.1) is 10.1 Å². The molecule has 110 valence electrons. The number of carbonyl (C=O) groups is 1. The predicted molar refractivity (Wildman–Crippen MR) is 75.4 cm³/mol. The molecule has 1 aromatic rings. The van der Waals surface area contributed by atoms with Crippen LogP contribution in [0.1, 0.15) is 16.8 Å². The van der Waals surface area contributed by atoms with Gasteiger partial charge >= 0.3 is 5.69 Å². The molecule has 1 aliphatic rings. The van der Waals surface area contributed by atoms with Crippen LogP contribution < -0.4 is 5.32 Å². The first-order valence-corrected chi connectivity index (χ1v) is 5.97. The fourth-order valence-electron chi connectivity index (χ4n) is 2.17. The van der Waals surface area contributed by atoms with Crippen molar-refractivity contribution in [1.29, 1.82) is 0 Å². The summed E-state index contributed by atoms with van der Waals surface area (Å²) in [5, 5.41) is 23.2. The second-order valence-corrected chi connectivity index (χ2v) is 4.49. The molecule has 2 rings (SSSR count). The molecule has 1 heterocycles. The lowest BCUT2D eigenvalue weighted by atomic mass is 10.1. The topological polar surface area (TPSA) is 95.7 Å². The van der Waals surface area contributed by atoms with Gasteiger partial charge < -0.3 is 15.3 Å². The highest BCUT2D eigenvalue weighted by atomic mass is 35.5. The number of amides is 1. The highest BCUT2D eigenvalue weighted by Gasteiger charge is 2.26. The predicted octanol–water partition coefficient (Wildman–Crippen LogP) is 1.16. The number of likely N-dealkylation sites (tertiary alicyclic amines) is 1. The number of nitro benzene ring substituents is 1. The fraction of sp³-hybridized carbons (Fsp3) is 0.417. The number of likely N-dealkylation sites (N-methyl/N-ethyl adjacent to an activating group) is 1. The maximum atomic E-state index is 12.2. The number of halogens is 1. The van der Waals surface area contributed by atoms with E-state index < -0.39 is 16.4 Å². The number of benzene rings is 1. The Kier molecular flexibility index (Phi) is 5.29. The first-order chi connectivity index (χ1) is 9.02. The number of carbonyl (C=O) groups excluding carboxylic acids is 1. The highest BCUT2D eigenvalue weighted by Crippen LogP contribution is 2.27. The molecule has 1 amide bonds. The molecule has 8 heteroatoms. The van der Waals surface area contributed by atoms with Gasteiger partial charge in [0.25, 0.3) is 5.91 Å². The first-order valence-electron chi connectivity index (χ1n) is 5.97. The van der Waals surface area contributed by atoms with Crippen molar-refractivity contribution >= 4 is 24.0 Å². The van der Waals surface area contributed by atoms with Crippen LogP contribution in [0.3, 0.4) is 0 Å². The molecule has 0 aromatic heterocycles. The number of nitrogens with zero attached hydrogens (tertiary/aromatic N) is 2. The molecular weight excluding hydrogens is 286 g/mol. The molecule has 0 saturated carbocycles. The van der Waals surface area contributed by atoms with Gasteiger partial charge in [0.1, 0.15) is 0 Å². The molecular formula is C12H16ClN3O4. The third-order valence-corrected chi connectivity index (χ3v) is 3.30. The largest absolute Gasteiger partial charge is 0.502 e. The minimum absolute atomic E-state index is 0. The Morgan fingerprint density at radius 2 is 2.25 bits per heavy atom. The van der Waals surface area contributed by atoms with Gasteiger partial charge in [-0.15, -0.1) is 12.4 Å². The highest BCUT2D eigenvalue weighted by molar-refractivity contribution is 5.95. The second-order valence-electron chi connectivity index (χ2n) is 4.49. The lowest BCUT2D eigenvalue weighted by molar-refractivity contribution is -0.385. The van der Waals surface area contributed by atoms with Gasteiger partial charge in [-0.05, 0) is 25.6 Å².